The van der Waals surface area contributed by atoms with Crippen LogP contribution in [0.15, 0.2) is 254 Å². The predicted octanol–water partition coefficient (Wildman–Crippen LogP) is 20.5. The van der Waals surface area contributed by atoms with E-state index in [1.54, 1.807) is 0 Å². The zero-order chi connectivity index (χ0) is 47.6. The van der Waals surface area contributed by atoms with Gasteiger partial charge >= 0.3 is 0 Å². The SMILES string of the molecule is CC.C\C=C/C(/C=C/c1cccc(-c2c3ccccc3c(-c3cccc(-c4ccc5c(-c6ccc7ccccc7c6)c6ccccc6c(-c6ccc7ccccc7c6)c5c4)c3)c3ccccc23)c1)=C\C. The van der Waals surface area contributed by atoms with Crippen LogP contribution >= 0.6 is 0 Å². The molecule has 0 N–H and O–H groups in total. The molecule has 0 aliphatic carbocycles. The van der Waals surface area contributed by atoms with Gasteiger partial charge in [0.15, 0.2) is 0 Å². The highest BCUT2D eigenvalue weighted by Crippen LogP contribution is 2.48. The van der Waals surface area contributed by atoms with Gasteiger partial charge in [0.2, 0.25) is 0 Å². The van der Waals surface area contributed by atoms with Gasteiger partial charge in [0.25, 0.3) is 0 Å². The Bertz CT molecular complexity index is 3990. The van der Waals surface area contributed by atoms with Crippen molar-refractivity contribution in [2.75, 3.05) is 0 Å². The van der Waals surface area contributed by atoms with E-state index in [9.17, 15) is 0 Å². The van der Waals surface area contributed by atoms with Crippen molar-refractivity contribution in [1.82, 2.24) is 0 Å². The lowest BCUT2D eigenvalue weighted by Gasteiger charge is -2.20. The largest absolute Gasteiger partial charge is 0.0871 e. The molecule has 0 nitrogen and oxygen atoms in total. The number of rotatable bonds is 8. The first kappa shape index (κ1) is 44.0. The summed E-state index contributed by atoms with van der Waals surface area (Å²) in [4.78, 5) is 0. The fraction of sp³-hybridized carbons (Fsp3) is 0.0571. The first-order valence-electron chi connectivity index (χ1n) is 24.7. The Morgan fingerprint density at radius 1 is 0.286 bits per heavy atom. The van der Waals surface area contributed by atoms with Crippen molar-refractivity contribution in [3.05, 3.63) is 260 Å². The van der Waals surface area contributed by atoms with Crippen molar-refractivity contribution < 1.29 is 0 Å². The molecule has 0 saturated heterocycles. The van der Waals surface area contributed by atoms with Gasteiger partial charge in [-0.1, -0.05) is 238 Å². The summed E-state index contributed by atoms with van der Waals surface area (Å²) in [5, 5.41) is 14.9. The Morgan fingerprint density at radius 3 is 1.17 bits per heavy atom. The average Bonchev–Trinajstić information content (AvgIpc) is 3.43. The number of allylic oxidation sites excluding steroid dienone is 5. The Balaban J connectivity index is 0.00000263. The van der Waals surface area contributed by atoms with Gasteiger partial charge in [0.1, 0.15) is 0 Å². The molecule has 0 heteroatoms. The van der Waals surface area contributed by atoms with Crippen LogP contribution in [0.1, 0.15) is 33.3 Å². The molecule has 12 aromatic rings. The van der Waals surface area contributed by atoms with E-state index in [-0.39, 0.29) is 0 Å². The number of hydrogen-bond donors (Lipinski definition) is 0. The molecule has 0 bridgehead atoms. The molecule has 0 aromatic heterocycles. The van der Waals surface area contributed by atoms with Gasteiger partial charge in [-0.25, -0.2) is 0 Å². The highest BCUT2D eigenvalue weighted by Gasteiger charge is 2.20. The molecule has 0 radical (unpaired) electrons. The Kier molecular flexibility index (Phi) is 12.1. The first-order valence-corrected chi connectivity index (χ1v) is 24.7. The Morgan fingerprint density at radius 2 is 0.671 bits per heavy atom. The molecule has 0 heterocycles. The third-order valence-corrected chi connectivity index (χ3v) is 13.9. The summed E-state index contributed by atoms with van der Waals surface area (Å²) >= 11 is 0. The summed E-state index contributed by atoms with van der Waals surface area (Å²) in [7, 11) is 0. The fourth-order valence-corrected chi connectivity index (χ4v) is 10.7. The maximum Gasteiger partial charge on any atom is -0.00259 e. The van der Waals surface area contributed by atoms with Crippen LogP contribution in [0.3, 0.4) is 0 Å². The molecule has 0 aliphatic heterocycles. The number of benzene rings is 12. The van der Waals surface area contributed by atoms with Crippen LogP contribution < -0.4 is 0 Å². The normalized spacial score (nSPS) is 12.0. The minimum Gasteiger partial charge on any atom is -0.0871 e. The topological polar surface area (TPSA) is 0 Å². The zero-order valence-electron chi connectivity index (χ0n) is 40.2. The van der Waals surface area contributed by atoms with Crippen LogP contribution in [0, 0.1) is 0 Å². The zero-order valence-corrected chi connectivity index (χ0v) is 40.2. The molecule has 12 aromatic carbocycles. The monoisotopic (exact) mass is 894 g/mol. The Hall–Kier alpha value is -8.58. The molecule has 0 saturated carbocycles. The number of hydrogen-bond acceptors (Lipinski definition) is 0. The number of fused-ring (bicyclic) bond motifs is 6. The fourth-order valence-electron chi connectivity index (χ4n) is 10.7. The van der Waals surface area contributed by atoms with Crippen LogP contribution in [0.5, 0.6) is 0 Å². The molecule has 12 rings (SSSR count). The van der Waals surface area contributed by atoms with Crippen LogP contribution in [0.4, 0.5) is 0 Å². The molecular formula is C70H54. The van der Waals surface area contributed by atoms with Crippen molar-refractivity contribution in [1.29, 1.82) is 0 Å². The second-order valence-electron chi connectivity index (χ2n) is 17.8. The van der Waals surface area contributed by atoms with Crippen molar-refractivity contribution in [3.63, 3.8) is 0 Å². The van der Waals surface area contributed by atoms with Gasteiger partial charge < -0.3 is 0 Å². The molecule has 70 heavy (non-hydrogen) atoms. The summed E-state index contributed by atoms with van der Waals surface area (Å²) in [6.07, 6.45) is 10.8. The average molecular weight is 895 g/mol. The van der Waals surface area contributed by atoms with Crippen LogP contribution in [-0.2, 0) is 0 Å². The van der Waals surface area contributed by atoms with E-state index in [0.717, 1.165) is 0 Å². The van der Waals surface area contributed by atoms with E-state index in [1.807, 2.05) is 13.8 Å². The van der Waals surface area contributed by atoms with Crippen LogP contribution in [0.2, 0.25) is 0 Å². The third-order valence-electron chi connectivity index (χ3n) is 13.9. The molecule has 0 spiro atoms. The maximum absolute atomic E-state index is 2.45. The van der Waals surface area contributed by atoms with E-state index >= 15 is 0 Å². The predicted molar refractivity (Wildman–Crippen MR) is 308 cm³/mol. The van der Waals surface area contributed by atoms with E-state index in [4.69, 9.17) is 0 Å². The smallest absolute Gasteiger partial charge is 0.00259 e. The van der Waals surface area contributed by atoms with E-state index < -0.39 is 0 Å². The minimum atomic E-state index is 1.17. The lowest BCUT2D eigenvalue weighted by Crippen LogP contribution is -1.93. The van der Waals surface area contributed by atoms with Crippen molar-refractivity contribution in [3.8, 4) is 55.6 Å². The minimum absolute atomic E-state index is 1.17. The van der Waals surface area contributed by atoms with Gasteiger partial charge in [-0.2, -0.15) is 0 Å². The summed E-state index contributed by atoms with van der Waals surface area (Å²) in [6.45, 7) is 8.14. The lowest BCUT2D eigenvalue weighted by atomic mass is 9.83. The quantitative estimate of drug-likeness (QED) is 0.105. The molecule has 0 atom stereocenters. The van der Waals surface area contributed by atoms with Crippen molar-refractivity contribution in [2.45, 2.75) is 27.7 Å². The second-order valence-corrected chi connectivity index (χ2v) is 17.8. The summed E-state index contributed by atoms with van der Waals surface area (Å²) < 4.78 is 0. The van der Waals surface area contributed by atoms with Gasteiger partial charge in [-0.05, 0) is 176 Å². The molecule has 334 valence electrons. The van der Waals surface area contributed by atoms with Crippen molar-refractivity contribution >= 4 is 70.7 Å². The lowest BCUT2D eigenvalue weighted by molar-refractivity contribution is 1.50. The standard InChI is InChI=1S/C68H48.C2H6/c1-3-17-45(4-2)32-33-46-18-15-24-53(40-46)65-57-26-9-11-28-59(57)66(60-29-12-10-27-58(60)65)54-25-16-23-51(43-54)52-38-39-63-64(44-52)68(56-37-35-48-20-6-8-22-50(48)42-56)62-31-14-13-30-61(62)67(63)55-36-34-47-19-5-7-21-49(47)41-55;1-2/h3-44H,1-2H3;1-2H3/b17-3-,33-32+,45-4+;. The highest BCUT2D eigenvalue weighted by molar-refractivity contribution is 6.24. The second kappa shape index (κ2) is 19.2. The molecule has 0 unspecified atom stereocenters. The highest BCUT2D eigenvalue weighted by atomic mass is 14.2. The van der Waals surface area contributed by atoms with Crippen molar-refractivity contribution in [2.24, 2.45) is 0 Å². The van der Waals surface area contributed by atoms with Gasteiger partial charge in [0.05, 0.1) is 0 Å². The van der Waals surface area contributed by atoms with Crippen LogP contribution in [-0.4, -0.2) is 0 Å². The van der Waals surface area contributed by atoms with E-state index in [2.05, 4.69) is 269 Å². The summed E-state index contributed by atoms with van der Waals surface area (Å²) in [5.74, 6) is 0. The molecule has 0 fully saturated rings. The molecule has 0 amide bonds. The molecular weight excluding hydrogens is 841 g/mol. The summed E-state index contributed by atoms with van der Waals surface area (Å²) in [6, 6.07) is 83.5. The third kappa shape index (κ3) is 7.98. The Labute approximate surface area is 411 Å². The summed E-state index contributed by atoms with van der Waals surface area (Å²) in [5.41, 5.74) is 14.6. The van der Waals surface area contributed by atoms with Gasteiger partial charge in [-0.15, -0.1) is 0 Å². The van der Waals surface area contributed by atoms with Crippen LogP contribution in [0.25, 0.3) is 126 Å². The van der Waals surface area contributed by atoms with E-state index in [1.165, 1.54) is 131 Å². The maximum atomic E-state index is 2.45. The molecule has 0 aliphatic rings. The van der Waals surface area contributed by atoms with Gasteiger partial charge in [0, 0.05) is 0 Å². The van der Waals surface area contributed by atoms with Gasteiger partial charge in [-0.3, -0.25) is 0 Å². The van der Waals surface area contributed by atoms with E-state index in [0.29, 0.717) is 0 Å². The first-order chi connectivity index (χ1) is 34.6.